The molecule has 0 bridgehead atoms. The van der Waals surface area contributed by atoms with Gasteiger partial charge in [-0.3, -0.25) is 0 Å². The highest BCUT2D eigenvalue weighted by molar-refractivity contribution is 5.75. The molecule has 1 aromatic rings. The van der Waals surface area contributed by atoms with Crippen molar-refractivity contribution in [1.82, 2.24) is 26.2 Å². The van der Waals surface area contributed by atoms with E-state index >= 15 is 0 Å². The lowest BCUT2D eigenvalue weighted by Crippen LogP contribution is -2.24. The van der Waals surface area contributed by atoms with E-state index < -0.39 is 0 Å². The molecule has 0 aliphatic rings. The molecular weight excluding hydrogens is 164 g/mol. The number of guanidine groups is 1. The molecule has 0 radical (unpaired) electrons. The molecule has 0 unspecified atom stereocenters. The second kappa shape index (κ2) is 3.80. The lowest BCUT2D eigenvalue weighted by atomic mass is 11.1. The molecule has 0 aliphatic heterocycles. The topological polar surface area (TPSA) is 156 Å². The highest BCUT2D eigenvalue weighted by atomic mass is 15.6. The number of nitrogens with one attached hydrogen (secondary N) is 2. The van der Waals surface area contributed by atoms with Gasteiger partial charge in [0.1, 0.15) is 0 Å². The molecule has 10 heteroatoms. The Morgan fingerprint density at radius 1 is 1.50 bits per heavy atom. The fourth-order valence-electron chi connectivity index (χ4n) is 0.346. The Kier molecular flexibility index (Phi) is 2.48. The zero-order chi connectivity index (χ0) is 8.81. The minimum atomic E-state index is -0.151. The molecule has 1 aromatic heterocycles. The Hall–Kier alpha value is -2.26. The smallest absolute Gasteiger partial charge is 0.309 e. The number of hydrogen-bond acceptors (Lipinski definition) is 6. The maximum absolute atomic E-state index is 4.97. The molecule has 0 aliphatic carbocycles. The van der Waals surface area contributed by atoms with Crippen LogP contribution >= 0.6 is 0 Å². The van der Waals surface area contributed by atoms with Gasteiger partial charge in [0, 0.05) is 0 Å². The number of aromatic nitrogens is 4. The van der Waals surface area contributed by atoms with Gasteiger partial charge in [-0.1, -0.05) is 10.2 Å². The Bertz CT molecular complexity index is 264. The Morgan fingerprint density at radius 2 is 2.33 bits per heavy atom. The van der Waals surface area contributed by atoms with Gasteiger partial charge in [-0.05, 0) is 10.4 Å². The average Bonchev–Trinajstić information content (AvgIpc) is 2.49. The number of H-pyrrole nitrogens is 1. The molecule has 0 aromatic carbocycles. The first kappa shape index (κ1) is 7.84. The van der Waals surface area contributed by atoms with Gasteiger partial charge < -0.3 is 11.5 Å². The zero-order valence-electron chi connectivity index (χ0n) is 5.84. The molecule has 0 saturated heterocycles. The number of nitrogens with two attached hydrogens (primary N) is 2. The highest BCUT2D eigenvalue weighted by Gasteiger charge is 1.89. The van der Waals surface area contributed by atoms with Gasteiger partial charge in [0.05, 0.1) is 0 Å². The van der Waals surface area contributed by atoms with Crippen LogP contribution in [0.5, 0.6) is 0 Å². The predicted molar refractivity (Wildman–Crippen MR) is 37.6 cm³/mol. The normalized spacial score (nSPS) is 10.0. The summed E-state index contributed by atoms with van der Waals surface area (Å²) in [6, 6.07) is 0. The predicted octanol–water partition coefficient (Wildman–Crippen LogP) is -2.02. The molecule has 0 spiro atoms. The first-order valence-electron chi connectivity index (χ1n) is 2.77. The van der Waals surface area contributed by atoms with E-state index in [1.165, 1.54) is 0 Å². The molecule has 0 amide bonds. The van der Waals surface area contributed by atoms with Crippen molar-refractivity contribution in [2.45, 2.75) is 0 Å². The van der Waals surface area contributed by atoms with E-state index in [0.29, 0.717) is 0 Å². The molecule has 0 saturated carbocycles. The maximum Gasteiger partial charge on any atom is 0.309 e. The first-order valence-corrected chi connectivity index (χ1v) is 2.77. The van der Waals surface area contributed by atoms with Gasteiger partial charge >= 0.3 is 5.95 Å². The number of hydrazone groups is 1. The van der Waals surface area contributed by atoms with Gasteiger partial charge in [0.2, 0.25) is 5.96 Å². The zero-order valence-corrected chi connectivity index (χ0v) is 5.84. The summed E-state index contributed by atoms with van der Waals surface area (Å²) >= 11 is 0. The van der Waals surface area contributed by atoms with Gasteiger partial charge in [0.25, 0.3) is 0 Å². The second-order valence-electron chi connectivity index (χ2n) is 1.55. The van der Waals surface area contributed by atoms with Crippen LogP contribution in [0.25, 0.3) is 0 Å². The summed E-state index contributed by atoms with van der Waals surface area (Å²) in [5.74, 6) is -0.0737. The monoisotopic (exact) mass is 170 g/mol. The quantitative estimate of drug-likeness (QED) is 0.177. The Balaban J connectivity index is 2.37. The summed E-state index contributed by atoms with van der Waals surface area (Å²) in [6.45, 7) is 0. The summed E-state index contributed by atoms with van der Waals surface area (Å²) < 4.78 is 0. The molecule has 1 heterocycles. The van der Waals surface area contributed by atoms with Crippen molar-refractivity contribution < 1.29 is 0 Å². The van der Waals surface area contributed by atoms with Crippen LogP contribution in [0.15, 0.2) is 15.4 Å². The molecule has 0 fully saturated rings. The average molecular weight is 170 g/mol. The van der Waals surface area contributed by atoms with Crippen molar-refractivity contribution in [3.05, 3.63) is 0 Å². The van der Waals surface area contributed by atoms with Crippen LogP contribution in [-0.2, 0) is 0 Å². The highest BCUT2D eigenvalue weighted by Crippen LogP contribution is 1.94. The number of tetrazole rings is 1. The molecule has 12 heavy (non-hydrogen) atoms. The van der Waals surface area contributed by atoms with E-state index in [-0.39, 0.29) is 11.9 Å². The van der Waals surface area contributed by atoms with E-state index in [2.05, 4.69) is 41.6 Å². The van der Waals surface area contributed by atoms with E-state index in [4.69, 9.17) is 11.5 Å². The van der Waals surface area contributed by atoms with Crippen LogP contribution in [0.2, 0.25) is 0 Å². The van der Waals surface area contributed by atoms with Crippen LogP contribution in [0.4, 0.5) is 5.95 Å². The van der Waals surface area contributed by atoms with E-state index in [1.54, 1.807) is 0 Å². The molecule has 6 N–H and O–H groups in total. The van der Waals surface area contributed by atoms with Crippen molar-refractivity contribution >= 4 is 11.9 Å². The number of aromatic amines is 1. The third-order valence-corrected chi connectivity index (χ3v) is 0.697. The Morgan fingerprint density at radius 3 is 2.92 bits per heavy atom. The van der Waals surface area contributed by atoms with Crippen LogP contribution in [0, 0.1) is 0 Å². The lowest BCUT2D eigenvalue weighted by Gasteiger charge is -1.87. The van der Waals surface area contributed by atoms with Crippen molar-refractivity contribution in [3.63, 3.8) is 0 Å². The number of rotatable bonds is 3. The minimum absolute atomic E-state index is 0.0771. The second-order valence-corrected chi connectivity index (χ2v) is 1.55. The van der Waals surface area contributed by atoms with Crippen molar-refractivity contribution in [2.24, 2.45) is 26.9 Å². The summed E-state index contributed by atoms with van der Waals surface area (Å²) in [4.78, 5) is 0. The van der Waals surface area contributed by atoms with Gasteiger partial charge in [-0.25, -0.2) is 0 Å². The fraction of sp³-hybridized carbons (Fsp3) is 0. The van der Waals surface area contributed by atoms with E-state index in [0.717, 1.165) is 0 Å². The lowest BCUT2D eigenvalue weighted by molar-refractivity contribution is 0.738. The maximum atomic E-state index is 4.97. The summed E-state index contributed by atoms with van der Waals surface area (Å²) in [7, 11) is 0. The summed E-state index contributed by atoms with van der Waals surface area (Å²) in [5.41, 5.74) is 12.0. The van der Waals surface area contributed by atoms with Crippen molar-refractivity contribution in [2.75, 3.05) is 0 Å². The number of nitrogens with zero attached hydrogens (tertiary/aromatic N) is 6. The summed E-state index contributed by atoms with van der Waals surface area (Å²) in [6.07, 6.45) is 0. The molecule has 10 nitrogen and oxygen atoms in total. The standard InChI is InChI=1S/C2H6N10/c3-1(4)5-9-10-6-2-7-11-12-8-2/h(H4,3,4,5,10)(H2,6,7,8,9,11,12). The van der Waals surface area contributed by atoms with Crippen LogP contribution in [0.1, 0.15) is 0 Å². The van der Waals surface area contributed by atoms with Crippen molar-refractivity contribution in [1.29, 1.82) is 0 Å². The Labute approximate surface area is 66.1 Å². The van der Waals surface area contributed by atoms with Crippen LogP contribution < -0.4 is 17.0 Å². The molecule has 64 valence electrons. The molecule has 1 rings (SSSR count). The van der Waals surface area contributed by atoms with Gasteiger partial charge in [0.15, 0.2) is 0 Å². The molecular formula is C2H6N10. The number of hydrogen-bond donors (Lipinski definition) is 4. The SMILES string of the molecule is NC(N)=NN/N=N/c1nn[nH]n1. The van der Waals surface area contributed by atoms with Gasteiger partial charge in [-0.15, -0.1) is 10.2 Å². The van der Waals surface area contributed by atoms with E-state index in [9.17, 15) is 0 Å². The van der Waals surface area contributed by atoms with E-state index in [1.807, 2.05) is 0 Å². The molecule has 0 atom stereocenters. The third kappa shape index (κ3) is 2.55. The third-order valence-electron chi connectivity index (χ3n) is 0.697. The summed E-state index contributed by atoms with van der Waals surface area (Å²) in [5, 5.41) is 22.4. The minimum Gasteiger partial charge on any atom is -0.369 e. The van der Waals surface area contributed by atoms with Crippen LogP contribution in [-0.4, -0.2) is 26.6 Å². The first-order chi connectivity index (χ1) is 5.79. The van der Waals surface area contributed by atoms with Crippen LogP contribution in [0.3, 0.4) is 0 Å². The van der Waals surface area contributed by atoms with Crippen molar-refractivity contribution in [3.8, 4) is 0 Å². The largest absolute Gasteiger partial charge is 0.369 e. The van der Waals surface area contributed by atoms with Gasteiger partial charge in [-0.2, -0.15) is 10.7 Å². The fourth-order valence-corrected chi connectivity index (χ4v) is 0.346.